The quantitative estimate of drug-likeness (QED) is 0.365. The van der Waals surface area contributed by atoms with E-state index in [1.165, 1.54) is 6.07 Å². The van der Waals surface area contributed by atoms with Crippen molar-refractivity contribution < 1.29 is 23.5 Å². The molecule has 2 amide bonds. The lowest BCUT2D eigenvalue weighted by Crippen LogP contribution is -2.52. The van der Waals surface area contributed by atoms with Gasteiger partial charge in [-0.3, -0.25) is 9.48 Å². The number of anilines is 2. The number of aromatic nitrogens is 4. The van der Waals surface area contributed by atoms with Gasteiger partial charge in [0.1, 0.15) is 11.1 Å². The van der Waals surface area contributed by atoms with Gasteiger partial charge in [0.05, 0.1) is 36.2 Å². The highest BCUT2D eigenvalue weighted by atomic mass is 19.1. The van der Waals surface area contributed by atoms with Crippen LogP contribution in [0.2, 0.25) is 0 Å². The number of pyridine rings is 1. The molecule has 43 heavy (non-hydrogen) atoms. The van der Waals surface area contributed by atoms with Crippen LogP contribution in [0.1, 0.15) is 55.7 Å². The van der Waals surface area contributed by atoms with E-state index < -0.39 is 11.4 Å². The minimum absolute atomic E-state index is 0.211. The van der Waals surface area contributed by atoms with E-state index in [1.807, 2.05) is 37.7 Å². The summed E-state index contributed by atoms with van der Waals surface area (Å²) in [6.45, 7) is 11.3. The first-order chi connectivity index (χ1) is 20.5. The third kappa shape index (κ3) is 5.07. The molecule has 2 saturated heterocycles. The van der Waals surface area contributed by atoms with Gasteiger partial charge in [-0.05, 0) is 52.7 Å². The summed E-state index contributed by atoms with van der Waals surface area (Å²) in [5.41, 5.74) is 2.90. The van der Waals surface area contributed by atoms with Crippen LogP contribution in [0.15, 0.2) is 36.8 Å². The number of rotatable bonds is 4. The number of carbonyl (C=O) groups is 2. The molecular formula is C31H36FN7O4. The molecule has 1 spiro atoms. The fourth-order valence-electron chi connectivity index (χ4n) is 6.41. The van der Waals surface area contributed by atoms with Gasteiger partial charge in [0, 0.05) is 67.3 Å². The van der Waals surface area contributed by atoms with Gasteiger partial charge in [-0.2, -0.15) is 5.10 Å². The number of nitrogens with zero attached hydrogens (tertiary/aromatic N) is 6. The highest BCUT2D eigenvalue weighted by Crippen LogP contribution is 2.53. The molecule has 4 aromatic rings. The van der Waals surface area contributed by atoms with Crippen molar-refractivity contribution >= 4 is 39.9 Å². The second-order valence-corrected chi connectivity index (χ2v) is 13.2. The maximum atomic E-state index is 14.7. The van der Waals surface area contributed by atoms with E-state index in [0.29, 0.717) is 48.6 Å². The number of piperazine rings is 1. The zero-order valence-corrected chi connectivity index (χ0v) is 24.9. The fourth-order valence-corrected chi connectivity index (χ4v) is 6.41. The molecule has 0 radical (unpaired) electrons. The number of carbonyl (C=O) groups excluding carboxylic acids is 2. The van der Waals surface area contributed by atoms with E-state index in [4.69, 9.17) is 14.6 Å². The van der Waals surface area contributed by atoms with Crippen LogP contribution in [0, 0.1) is 18.2 Å². The molecule has 3 aliphatic rings. The van der Waals surface area contributed by atoms with Crippen molar-refractivity contribution in [1.29, 1.82) is 0 Å². The van der Waals surface area contributed by atoms with Gasteiger partial charge in [0.15, 0.2) is 11.5 Å². The second kappa shape index (κ2) is 9.94. The second-order valence-electron chi connectivity index (χ2n) is 13.2. The van der Waals surface area contributed by atoms with Gasteiger partial charge in [0.2, 0.25) is 0 Å². The molecule has 0 bridgehead atoms. The summed E-state index contributed by atoms with van der Waals surface area (Å²) in [6.07, 6.45) is 7.09. The molecule has 7 rings (SSSR count). The van der Waals surface area contributed by atoms with E-state index in [2.05, 4.69) is 15.2 Å². The van der Waals surface area contributed by atoms with Crippen molar-refractivity contribution in [3.05, 3.63) is 53.9 Å². The molecule has 12 heteroatoms. The smallest absolute Gasteiger partial charge is 0.410 e. The lowest BCUT2D eigenvalue weighted by atomic mass is 9.64. The highest BCUT2D eigenvalue weighted by Gasteiger charge is 2.50. The van der Waals surface area contributed by atoms with Crippen LogP contribution in [-0.4, -0.2) is 81.1 Å². The van der Waals surface area contributed by atoms with E-state index in [1.54, 1.807) is 34.7 Å². The summed E-state index contributed by atoms with van der Waals surface area (Å²) in [6, 6.07) is 5.24. The van der Waals surface area contributed by atoms with Gasteiger partial charge in [-0.1, -0.05) is 0 Å². The molecular weight excluding hydrogens is 553 g/mol. The Labute approximate surface area is 248 Å². The maximum Gasteiger partial charge on any atom is 0.410 e. The third-order valence-corrected chi connectivity index (χ3v) is 8.60. The molecule has 11 nitrogen and oxygen atoms in total. The first kappa shape index (κ1) is 27.6. The van der Waals surface area contributed by atoms with Crippen LogP contribution in [0.4, 0.5) is 20.6 Å². The van der Waals surface area contributed by atoms with Crippen molar-refractivity contribution in [3.63, 3.8) is 0 Å². The Kier molecular flexibility index (Phi) is 6.38. The van der Waals surface area contributed by atoms with Crippen LogP contribution < -0.4 is 10.2 Å². The van der Waals surface area contributed by atoms with E-state index >= 15 is 0 Å². The van der Waals surface area contributed by atoms with E-state index in [-0.39, 0.29) is 29.1 Å². The number of fused-ring (bicyclic) bond motifs is 2. The molecule has 3 aromatic heterocycles. The van der Waals surface area contributed by atoms with Gasteiger partial charge in [-0.25, -0.2) is 14.2 Å². The predicted molar refractivity (Wildman–Crippen MR) is 159 cm³/mol. The number of halogens is 1. The van der Waals surface area contributed by atoms with Crippen molar-refractivity contribution in [3.8, 4) is 0 Å². The minimum atomic E-state index is -0.549. The molecule has 0 atom stereocenters. The maximum absolute atomic E-state index is 14.7. The highest BCUT2D eigenvalue weighted by molar-refractivity contribution is 6.14. The zero-order valence-electron chi connectivity index (χ0n) is 24.9. The van der Waals surface area contributed by atoms with Gasteiger partial charge < -0.3 is 29.0 Å². The van der Waals surface area contributed by atoms with Crippen LogP contribution in [0.5, 0.6) is 0 Å². The molecule has 1 saturated carbocycles. The molecule has 1 aliphatic carbocycles. The largest absolute Gasteiger partial charge is 0.444 e. The monoisotopic (exact) mass is 589 g/mol. The van der Waals surface area contributed by atoms with Crippen LogP contribution in [0.25, 0.3) is 16.6 Å². The molecule has 5 heterocycles. The van der Waals surface area contributed by atoms with Crippen LogP contribution >= 0.6 is 0 Å². The van der Waals surface area contributed by atoms with Crippen molar-refractivity contribution in [2.24, 2.45) is 5.41 Å². The Hall–Kier alpha value is -4.19. The van der Waals surface area contributed by atoms with Crippen LogP contribution in [0.3, 0.4) is 0 Å². The number of amides is 2. The van der Waals surface area contributed by atoms with Crippen molar-refractivity contribution in [1.82, 2.24) is 24.1 Å². The normalized spacial score (nSPS) is 18.6. The predicted octanol–water partition coefficient (Wildman–Crippen LogP) is 4.79. The molecule has 226 valence electrons. The summed E-state index contributed by atoms with van der Waals surface area (Å²) in [5, 5.41) is 8.68. The average molecular weight is 590 g/mol. The number of nitrogens with one attached hydrogen (secondary N) is 1. The lowest BCUT2D eigenvalue weighted by Gasteiger charge is -2.53. The van der Waals surface area contributed by atoms with E-state index in [9.17, 15) is 14.0 Å². The molecule has 3 fully saturated rings. The molecule has 1 aromatic carbocycles. The van der Waals surface area contributed by atoms with Crippen molar-refractivity contribution in [2.75, 3.05) is 49.6 Å². The van der Waals surface area contributed by atoms with Crippen LogP contribution in [-0.2, 0) is 9.47 Å². The van der Waals surface area contributed by atoms with E-state index in [0.717, 1.165) is 37.1 Å². The Morgan fingerprint density at radius 1 is 1.09 bits per heavy atom. The number of hydrogen-bond donors (Lipinski definition) is 1. The summed E-state index contributed by atoms with van der Waals surface area (Å²) in [4.78, 5) is 34.4. The number of benzene rings is 1. The number of aryl methyl sites for hydroxylation is 1. The minimum Gasteiger partial charge on any atom is -0.444 e. The number of hydrogen-bond acceptors (Lipinski definition) is 7. The first-order valence-corrected chi connectivity index (χ1v) is 14.8. The summed E-state index contributed by atoms with van der Waals surface area (Å²) < 4.78 is 29.3. The molecule has 2 aliphatic heterocycles. The fraction of sp³-hybridized carbons (Fsp3) is 0.484. The Bertz CT molecular complexity index is 1740. The Morgan fingerprint density at radius 2 is 1.84 bits per heavy atom. The molecule has 1 N–H and O–H groups in total. The Morgan fingerprint density at radius 3 is 2.51 bits per heavy atom. The summed E-state index contributed by atoms with van der Waals surface area (Å²) in [5.74, 6) is -0.885. The van der Waals surface area contributed by atoms with Gasteiger partial charge >= 0.3 is 6.09 Å². The van der Waals surface area contributed by atoms with Gasteiger partial charge in [-0.15, -0.1) is 0 Å². The molecule has 0 unspecified atom stereocenters. The topological polar surface area (TPSA) is 106 Å². The Balaban J connectivity index is 1.17. The SMILES string of the molecule is Cc1cn2cc(NC(=O)c3ccc(N4CCN(C(=O)OC(C)(C)C)CC4)c4cn(C5CC6(COC6)C5)nc34)cc(F)c2n1. The zero-order chi connectivity index (χ0) is 30.1. The lowest BCUT2D eigenvalue weighted by molar-refractivity contribution is -0.175. The van der Waals surface area contributed by atoms with Crippen molar-refractivity contribution in [2.45, 2.75) is 52.2 Å². The number of imidazole rings is 1. The average Bonchev–Trinajstić information content (AvgIpc) is 3.49. The van der Waals surface area contributed by atoms with Gasteiger partial charge in [0.25, 0.3) is 5.91 Å². The summed E-state index contributed by atoms with van der Waals surface area (Å²) >= 11 is 0. The third-order valence-electron chi connectivity index (χ3n) is 8.60. The number of ether oxygens (including phenoxy) is 2. The standard InChI is InChI=1S/C31H36FN7O4/c1-19-14-38-15-20(11-24(32)27(38)33-19)34-28(40)22-5-6-25(36-7-9-37(10-8-36)29(41)43-30(2,3)4)23-16-39(35-26(22)23)21-12-31(13-21)17-42-18-31/h5-6,11,14-16,21H,7-10,12-13,17-18H2,1-4H3,(H,34,40). The first-order valence-electron chi connectivity index (χ1n) is 14.8. The summed E-state index contributed by atoms with van der Waals surface area (Å²) in [7, 11) is 0.